The monoisotopic (exact) mass is 606 g/mol. The van der Waals surface area contributed by atoms with E-state index in [0.717, 1.165) is 71.0 Å². The number of imide groups is 1. The summed E-state index contributed by atoms with van der Waals surface area (Å²) in [6, 6.07) is 30.2. The van der Waals surface area contributed by atoms with Gasteiger partial charge in [0, 0.05) is 32.8 Å². The Morgan fingerprint density at radius 2 is 1.04 bits per heavy atom. The van der Waals surface area contributed by atoms with E-state index in [1.165, 1.54) is 4.90 Å². The van der Waals surface area contributed by atoms with Crippen molar-refractivity contribution in [1.29, 1.82) is 0 Å². The van der Waals surface area contributed by atoms with Gasteiger partial charge in [0.1, 0.15) is 0 Å². The first-order valence-corrected chi connectivity index (χ1v) is 15.8. The van der Waals surface area contributed by atoms with Crippen molar-refractivity contribution in [2.24, 2.45) is 0 Å². The van der Waals surface area contributed by atoms with Gasteiger partial charge in [0.25, 0.3) is 11.8 Å². The number of para-hydroxylation sites is 1. The van der Waals surface area contributed by atoms with Crippen LogP contribution in [0.5, 0.6) is 0 Å². The van der Waals surface area contributed by atoms with Gasteiger partial charge in [0.05, 0.1) is 5.69 Å². The summed E-state index contributed by atoms with van der Waals surface area (Å²) in [5.41, 5.74) is 12.8. The molecule has 0 aromatic heterocycles. The zero-order valence-electron chi connectivity index (χ0n) is 25.5. The molecule has 0 bridgehead atoms. The van der Waals surface area contributed by atoms with Crippen molar-refractivity contribution in [3.8, 4) is 11.1 Å². The largest absolute Gasteiger partial charge is 0.398 e. The molecule has 2 amide bonds. The molecule has 1 heterocycles. The quantitative estimate of drug-likeness (QED) is 0.0938. The van der Waals surface area contributed by atoms with Gasteiger partial charge in [0.15, 0.2) is 0 Å². The lowest BCUT2D eigenvalue weighted by Crippen LogP contribution is -2.41. The molecule has 8 rings (SSSR count). The topological polar surface area (TPSA) is 63.4 Å². The number of benzene rings is 7. The van der Waals surface area contributed by atoms with E-state index in [-0.39, 0.29) is 23.7 Å². The molecule has 0 radical (unpaired) electrons. The fourth-order valence-corrected chi connectivity index (χ4v) is 7.66. The van der Waals surface area contributed by atoms with Gasteiger partial charge in [0.2, 0.25) is 0 Å². The summed E-state index contributed by atoms with van der Waals surface area (Å²) in [5, 5.41) is 8.68. The predicted molar refractivity (Wildman–Crippen MR) is 188 cm³/mol. The van der Waals surface area contributed by atoms with Crippen molar-refractivity contribution in [2.75, 3.05) is 10.6 Å². The highest BCUT2D eigenvalue weighted by Gasteiger charge is 2.38. The van der Waals surface area contributed by atoms with Gasteiger partial charge in [-0.25, -0.2) is 4.90 Å². The lowest BCUT2D eigenvalue weighted by Gasteiger charge is -2.32. The molecule has 2 N–H and O–H groups in total. The fraction of sp³-hybridized carbons (Fsp3) is 0.150. The Kier molecular flexibility index (Phi) is 6.00. The Balaban J connectivity index is 1.42. The van der Waals surface area contributed by atoms with Gasteiger partial charge in [-0.1, -0.05) is 106 Å². The van der Waals surface area contributed by atoms with Crippen molar-refractivity contribution in [3.05, 3.63) is 118 Å². The van der Waals surface area contributed by atoms with Crippen LogP contribution < -0.4 is 10.6 Å². The number of amides is 2. The number of fused-ring (bicyclic) bond motifs is 2. The first-order chi connectivity index (χ1) is 21.7. The Hall–Kier alpha value is -4.93. The summed E-state index contributed by atoms with van der Waals surface area (Å²) in [4.78, 5) is 30.4. The summed E-state index contributed by atoms with van der Waals surface area (Å²) >= 11 is 6.22. The first kappa shape index (κ1) is 27.6. The van der Waals surface area contributed by atoms with E-state index in [4.69, 9.17) is 17.3 Å². The van der Waals surface area contributed by atoms with Crippen LogP contribution in [0.4, 0.5) is 11.4 Å². The minimum atomic E-state index is -0.274. The number of nitrogens with two attached hydrogens (primary N) is 1. The maximum absolute atomic E-state index is 14.5. The molecule has 5 heteroatoms. The number of rotatable bonds is 4. The molecular formula is C40H31ClN2O2. The third kappa shape index (κ3) is 3.79. The lowest BCUT2D eigenvalue weighted by molar-refractivity contribution is 0.0893. The summed E-state index contributed by atoms with van der Waals surface area (Å²) in [5.74, 6) is -0.269. The molecule has 0 spiro atoms. The van der Waals surface area contributed by atoms with Crippen molar-refractivity contribution in [1.82, 2.24) is 0 Å². The molecule has 0 aliphatic carbocycles. The fourth-order valence-electron chi connectivity index (χ4n) is 7.48. The van der Waals surface area contributed by atoms with Crippen LogP contribution in [0.15, 0.2) is 91.0 Å². The first-order valence-electron chi connectivity index (χ1n) is 15.4. The molecular weight excluding hydrogens is 576 g/mol. The molecule has 1 aliphatic rings. The molecule has 0 fully saturated rings. The van der Waals surface area contributed by atoms with Gasteiger partial charge in [-0.3, -0.25) is 9.59 Å². The van der Waals surface area contributed by atoms with Gasteiger partial charge in [-0.05, 0) is 90.5 Å². The van der Waals surface area contributed by atoms with Crippen LogP contribution in [-0.4, -0.2) is 11.8 Å². The highest BCUT2D eigenvalue weighted by atomic mass is 35.5. The Morgan fingerprint density at radius 3 is 1.62 bits per heavy atom. The minimum absolute atomic E-state index is 0.140. The average Bonchev–Trinajstić information content (AvgIpc) is 3.02. The normalized spacial score (nSPS) is 13.5. The van der Waals surface area contributed by atoms with Gasteiger partial charge >= 0.3 is 0 Å². The number of anilines is 2. The second-order valence-electron chi connectivity index (χ2n) is 12.7. The lowest BCUT2D eigenvalue weighted by atomic mass is 9.83. The van der Waals surface area contributed by atoms with Crippen LogP contribution in [0.1, 0.15) is 71.4 Å². The molecule has 1 aliphatic heterocycles. The molecule has 0 unspecified atom stereocenters. The van der Waals surface area contributed by atoms with Crippen LogP contribution in [0.2, 0.25) is 5.02 Å². The Labute approximate surface area is 266 Å². The molecule has 220 valence electrons. The Bertz CT molecular complexity index is 2310. The number of halogens is 1. The van der Waals surface area contributed by atoms with Gasteiger partial charge < -0.3 is 5.73 Å². The van der Waals surface area contributed by atoms with Crippen molar-refractivity contribution in [2.45, 2.75) is 39.5 Å². The van der Waals surface area contributed by atoms with E-state index < -0.39 is 0 Å². The van der Waals surface area contributed by atoms with E-state index in [1.54, 1.807) is 6.07 Å². The number of hydrogen-bond acceptors (Lipinski definition) is 3. The summed E-state index contributed by atoms with van der Waals surface area (Å²) in [6.45, 7) is 8.41. The van der Waals surface area contributed by atoms with E-state index in [0.29, 0.717) is 21.8 Å². The van der Waals surface area contributed by atoms with Crippen LogP contribution in [0, 0.1) is 0 Å². The average molecular weight is 607 g/mol. The standard InChI is InChI=1S/C40H31ClN2O2/c1-20(2)23-7-5-8-24(21(3)4)38(23)43-39(44)32-17-15-30-28-10-6-9-27-25(26-12-11-22(41)19-34(26)42)13-14-29(35(27)28)31-16-18-33(40(43)45)37(32)36(30)31/h5-21H,42H2,1-4H3. The van der Waals surface area contributed by atoms with E-state index >= 15 is 0 Å². The van der Waals surface area contributed by atoms with E-state index in [1.807, 2.05) is 42.5 Å². The maximum atomic E-state index is 14.5. The molecule has 0 saturated heterocycles. The van der Waals surface area contributed by atoms with Crippen LogP contribution >= 0.6 is 11.6 Å². The van der Waals surface area contributed by atoms with Crippen molar-refractivity contribution in [3.63, 3.8) is 0 Å². The maximum Gasteiger partial charge on any atom is 0.266 e. The predicted octanol–water partition coefficient (Wildman–Crippen LogP) is 10.7. The molecule has 4 nitrogen and oxygen atoms in total. The number of nitrogen functional groups attached to an aromatic ring is 1. The SMILES string of the molecule is CC(C)c1cccc(C(C)C)c1N1C(=O)c2ccc3c4cccc5c(-c6ccc(Cl)cc6N)ccc(c6ccc(c2c36)C1=O)c54. The highest BCUT2D eigenvalue weighted by Crippen LogP contribution is 2.47. The number of carbonyl (C=O) groups excluding carboxylic acids is 2. The van der Waals surface area contributed by atoms with E-state index in [9.17, 15) is 9.59 Å². The zero-order chi connectivity index (χ0) is 31.3. The number of nitrogens with zero attached hydrogens (tertiary/aromatic N) is 1. The molecule has 0 atom stereocenters. The summed E-state index contributed by atoms with van der Waals surface area (Å²) < 4.78 is 0. The molecule has 0 saturated carbocycles. The van der Waals surface area contributed by atoms with Crippen molar-refractivity contribution < 1.29 is 9.59 Å². The van der Waals surface area contributed by atoms with Crippen LogP contribution in [0.3, 0.4) is 0 Å². The second-order valence-corrected chi connectivity index (χ2v) is 13.2. The zero-order valence-corrected chi connectivity index (χ0v) is 26.3. The third-order valence-electron chi connectivity index (χ3n) is 9.52. The number of carbonyl (C=O) groups is 2. The van der Waals surface area contributed by atoms with Gasteiger partial charge in [-0.15, -0.1) is 0 Å². The van der Waals surface area contributed by atoms with Gasteiger partial charge in [-0.2, -0.15) is 0 Å². The van der Waals surface area contributed by atoms with E-state index in [2.05, 4.69) is 70.2 Å². The minimum Gasteiger partial charge on any atom is -0.398 e. The van der Waals surface area contributed by atoms with Crippen LogP contribution in [0.25, 0.3) is 54.2 Å². The molecule has 45 heavy (non-hydrogen) atoms. The Morgan fingerprint density at radius 1 is 0.556 bits per heavy atom. The molecule has 7 aromatic carbocycles. The highest BCUT2D eigenvalue weighted by molar-refractivity contribution is 6.42. The summed E-state index contributed by atoms with van der Waals surface area (Å²) in [6.07, 6.45) is 0. The summed E-state index contributed by atoms with van der Waals surface area (Å²) in [7, 11) is 0. The van der Waals surface area contributed by atoms with Crippen molar-refractivity contribution >= 4 is 77.9 Å². The van der Waals surface area contributed by atoms with Crippen LogP contribution in [-0.2, 0) is 0 Å². The number of hydrogen-bond donors (Lipinski definition) is 1. The third-order valence-corrected chi connectivity index (χ3v) is 9.75. The molecule has 7 aromatic rings. The smallest absolute Gasteiger partial charge is 0.266 e. The second kappa shape index (κ2) is 9.79.